The quantitative estimate of drug-likeness (QED) is 0.877. The van der Waals surface area contributed by atoms with E-state index in [0.717, 1.165) is 17.7 Å². The van der Waals surface area contributed by atoms with Crippen LogP contribution in [0.2, 0.25) is 0 Å². The first-order chi connectivity index (χ1) is 9.84. The van der Waals surface area contributed by atoms with E-state index in [9.17, 15) is 18.0 Å². The first-order valence-electron chi connectivity index (χ1n) is 6.07. The van der Waals surface area contributed by atoms with Crippen molar-refractivity contribution in [3.05, 3.63) is 59.7 Å². The van der Waals surface area contributed by atoms with Crippen LogP contribution in [0.5, 0.6) is 5.75 Å². The molecule has 6 heteroatoms. The average Bonchev–Trinajstić information content (AvgIpc) is 2.41. The summed E-state index contributed by atoms with van der Waals surface area (Å²) >= 11 is 0. The molecule has 1 N–H and O–H groups in total. The molecule has 0 bridgehead atoms. The highest BCUT2D eigenvalue weighted by Gasteiger charge is 2.30. The van der Waals surface area contributed by atoms with Crippen LogP contribution in [0.4, 0.5) is 23.7 Å². The lowest BCUT2D eigenvalue weighted by Crippen LogP contribution is -2.17. The van der Waals surface area contributed by atoms with E-state index < -0.39 is 17.8 Å². The molecule has 2 rings (SSSR count). The molecule has 2 aromatic carbocycles. The summed E-state index contributed by atoms with van der Waals surface area (Å²) in [6, 6.07) is 11.0. The van der Waals surface area contributed by atoms with E-state index in [4.69, 9.17) is 4.74 Å². The van der Waals surface area contributed by atoms with Crippen molar-refractivity contribution >= 4 is 11.8 Å². The summed E-state index contributed by atoms with van der Waals surface area (Å²) < 4.78 is 42.6. The fourth-order valence-electron chi connectivity index (χ4n) is 1.63. The molecule has 0 aromatic heterocycles. The molecule has 3 nitrogen and oxygen atoms in total. The average molecular weight is 295 g/mol. The number of alkyl halides is 3. The topological polar surface area (TPSA) is 38.3 Å². The van der Waals surface area contributed by atoms with Gasteiger partial charge in [-0.2, -0.15) is 13.2 Å². The smallest absolute Gasteiger partial charge is 0.410 e. The van der Waals surface area contributed by atoms with Crippen molar-refractivity contribution in [1.82, 2.24) is 0 Å². The minimum atomic E-state index is -4.46. The van der Waals surface area contributed by atoms with Crippen LogP contribution >= 0.6 is 0 Å². The van der Waals surface area contributed by atoms with Gasteiger partial charge in [-0.3, -0.25) is 5.32 Å². The molecule has 0 unspecified atom stereocenters. The van der Waals surface area contributed by atoms with Crippen LogP contribution in [0, 0.1) is 6.92 Å². The van der Waals surface area contributed by atoms with Gasteiger partial charge in [-0.1, -0.05) is 23.8 Å². The summed E-state index contributed by atoms with van der Waals surface area (Å²) in [5.41, 5.74) is 0.179. The number of anilines is 1. The van der Waals surface area contributed by atoms with Gasteiger partial charge in [0.15, 0.2) is 0 Å². The third-order valence-corrected chi connectivity index (χ3v) is 2.67. The molecule has 0 radical (unpaired) electrons. The zero-order valence-electron chi connectivity index (χ0n) is 11.1. The molecule has 0 saturated heterocycles. The number of carbonyl (C=O) groups is 1. The number of benzene rings is 2. The van der Waals surface area contributed by atoms with Crippen LogP contribution < -0.4 is 10.1 Å². The fraction of sp³-hybridized carbons (Fsp3) is 0.133. The lowest BCUT2D eigenvalue weighted by Gasteiger charge is -2.10. The van der Waals surface area contributed by atoms with Gasteiger partial charge < -0.3 is 4.74 Å². The van der Waals surface area contributed by atoms with Gasteiger partial charge in [-0.25, -0.2) is 4.79 Å². The highest BCUT2D eigenvalue weighted by Crippen LogP contribution is 2.30. The Bertz CT molecular complexity index is 636. The second-order valence-electron chi connectivity index (χ2n) is 4.41. The van der Waals surface area contributed by atoms with Crippen LogP contribution in [-0.4, -0.2) is 6.09 Å². The second kappa shape index (κ2) is 5.87. The van der Waals surface area contributed by atoms with Gasteiger partial charge in [0, 0.05) is 5.69 Å². The predicted molar refractivity (Wildman–Crippen MR) is 72.3 cm³/mol. The van der Waals surface area contributed by atoms with E-state index in [1.54, 1.807) is 24.3 Å². The SMILES string of the molecule is Cc1ccc(OC(=O)Nc2cccc(C(F)(F)F)c2)cc1. The van der Waals surface area contributed by atoms with E-state index in [0.29, 0.717) is 5.75 Å². The van der Waals surface area contributed by atoms with Crippen molar-refractivity contribution in [2.24, 2.45) is 0 Å². The minimum Gasteiger partial charge on any atom is -0.410 e. The zero-order valence-corrected chi connectivity index (χ0v) is 11.1. The molecular weight excluding hydrogens is 283 g/mol. The van der Waals surface area contributed by atoms with Crippen LogP contribution in [0.25, 0.3) is 0 Å². The Morgan fingerprint density at radius 3 is 2.38 bits per heavy atom. The third-order valence-electron chi connectivity index (χ3n) is 2.67. The Kier molecular flexibility index (Phi) is 4.16. The number of amides is 1. The van der Waals surface area contributed by atoms with Crippen LogP contribution in [0.3, 0.4) is 0 Å². The maximum Gasteiger partial charge on any atom is 0.417 e. The number of aryl methyl sites for hydroxylation is 1. The van der Waals surface area contributed by atoms with E-state index in [2.05, 4.69) is 5.32 Å². The van der Waals surface area contributed by atoms with E-state index in [-0.39, 0.29) is 5.69 Å². The zero-order chi connectivity index (χ0) is 15.5. The van der Waals surface area contributed by atoms with Gasteiger partial charge in [0.25, 0.3) is 0 Å². The molecule has 0 fully saturated rings. The third kappa shape index (κ3) is 4.24. The Hall–Kier alpha value is -2.50. The molecular formula is C15H12F3NO2. The van der Waals surface area contributed by atoms with Gasteiger partial charge in [0.1, 0.15) is 5.75 Å². The standard InChI is InChI=1S/C15H12F3NO2/c1-10-5-7-13(8-6-10)21-14(20)19-12-4-2-3-11(9-12)15(16,17)18/h2-9H,1H3,(H,19,20). The summed E-state index contributed by atoms with van der Waals surface area (Å²) in [5.74, 6) is 0.310. The molecule has 1 amide bonds. The Balaban J connectivity index is 2.04. The molecule has 110 valence electrons. The van der Waals surface area contributed by atoms with E-state index in [1.165, 1.54) is 12.1 Å². The van der Waals surface area contributed by atoms with Gasteiger partial charge >= 0.3 is 12.3 Å². The van der Waals surface area contributed by atoms with E-state index >= 15 is 0 Å². The second-order valence-corrected chi connectivity index (χ2v) is 4.41. The van der Waals surface area contributed by atoms with Crippen LogP contribution in [0.1, 0.15) is 11.1 Å². The summed E-state index contributed by atoms with van der Waals surface area (Å²) in [5, 5.41) is 2.26. The number of nitrogens with one attached hydrogen (secondary N) is 1. The Morgan fingerprint density at radius 2 is 1.76 bits per heavy atom. The number of carbonyl (C=O) groups excluding carboxylic acids is 1. The normalized spacial score (nSPS) is 11.0. The van der Waals surface area contributed by atoms with Crippen molar-refractivity contribution in [1.29, 1.82) is 0 Å². The molecule has 0 spiro atoms. The first-order valence-corrected chi connectivity index (χ1v) is 6.07. The van der Waals surface area contributed by atoms with Gasteiger partial charge in [0.2, 0.25) is 0 Å². The maximum absolute atomic E-state index is 12.5. The number of rotatable bonds is 2. The summed E-state index contributed by atoms with van der Waals surface area (Å²) in [6.45, 7) is 1.88. The number of ether oxygens (including phenoxy) is 1. The molecule has 0 heterocycles. The van der Waals surface area contributed by atoms with Crippen molar-refractivity contribution in [2.75, 3.05) is 5.32 Å². The largest absolute Gasteiger partial charge is 0.417 e. The van der Waals surface area contributed by atoms with Crippen molar-refractivity contribution in [2.45, 2.75) is 13.1 Å². The monoisotopic (exact) mass is 295 g/mol. The lowest BCUT2D eigenvalue weighted by molar-refractivity contribution is -0.137. The summed E-state index contributed by atoms with van der Waals surface area (Å²) in [4.78, 5) is 11.6. The Labute approximate surface area is 119 Å². The molecule has 21 heavy (non-hydrogen) atoms. The minimum absolute atomic E-state index is 0.0157. The molecule has 0 aliphatic carbocycles. The number of hydrogen-bond acceptors (Lipinski definition) is 2. The van der Waals surface area contributed by atoms with Gasteiger partial charge in [0.05, 0.1) is 5.56 Å². The lowest BCUT2D eigenvalue weighted by atomic mass is 10.2. The van der Waals surface area contributed by atoms with Crippen molar-refractivity contribution < 1.29 is 22.7 Å². The number of halogens is 3. The highest BCUT2D eigenvalue weighted by atomic mass is 19.4. The van der Waals surface area contributed by atoms with Crippen LogP contribution in [0.15, 0.2) is 48.5 Å². The summed E-state index contributed by atoms with van der Waals surface area (Å²) in [7, 11) is 0. The van der Waals surface area contributed by atoms with Gasteiger partial charge in [-0.05, 0) is 37.3 Å². The molecule has 0 aliphatic heterocycles. The van der Waals surface area contributed by atoms with Gasteiger partial charge in [-0.15, -0.1) is 0 Å². The molecule has 2 aromatic rings. The predicted octanol–water partition coefficient (Wildman–Crippen LogP) is 4.62. The summed E-state index contributed by atoms with van der Waals surface area (Å²) in [6.07, 6.45) is -5.31. The molecule has 0 atom stereocenters. The van der Waals surface area contributed by atoms with E-state index in [1.807, 2.05) is 6.92 Å². The highest BCUT2D eigenvalue weighted by molar-refractivity contribution is 5.86. The molecule has 0 saturated carbocycles. The van der Waals surface area contributed by atoms with Crippen molar-refractivity contribution in [3.63, 3.8) is 0 Å². The first kappa shape index (κ1) is 14.9. The molecule has 0 aliphatic rings. The fourth-order valence-corrected chi connectivity index (χ4v) is 1.63. The maximum atomic E-state index is 12.5. The number of hydrogen-bond donors (Lipinski definition) is 1. The Morgan fingerprint density at radius 1 is 1.10 bits per heavy atom. The van der Waals surface area contributed by atoms with Crippen LogP contribution in [-0.2, 0) is 6.18 Å². The van der Waals surface area contributed by atoms with Crippen molar-refractivity contribution in [3.8, 4) is 5.75 Å².